The lowest BCUT2D eigenvalue weighted by Crippen LogP contribution is -2.38. The largest absolute Gasteiger partial charge is 0.391 e. The molecule has 19 heavy (non-hydrogen) atoms. The molecule has 1 saturated heterocycles. The molecule has 1 fully saturated rings. The van der Waals surface area contributed by atoms with E-state index in [1.807, 2.05) is 7.05 Å². The maximum Gasteiger partial charge on any atom is 0.242 e. The number of hydrogen-bond donors (Lipinski definition) is 2. The molecule has 1 aromatic heterocycles. The quantitative estimate of drug-likeness (QED) is 0.823. The van der Waals surface area contributed by atoms with E-state index in [9.17, 15) is 8.42 Å². The van der Waals surface area contributed by atoms with E-state index in [0.717, 1.165) is 19.4 Å². The van der Waals surface area contributed by atoms with Crippen LogP contribution >= 0.6 is 27.3 Å². The van der Waals surface area contributed by atoms with Crippen LogP contribution in [0.15, 0.2) is 14.7 Å². The summed E-state index contributed by atoms with van der Waals surface area (Å²) >= 11 is 4.47. The van der Waals surface area contributed by atoms with Crippen LogP contribution in [0.25, 0.3) is 0 Å². The first kappa shape index (κ1) is 15.4. The number of halogens is 1. The zero-order chi connectivity index (χ0) is 14.0. The zero-order valence-corrected chi connectivity index (χ0v) is 13.8. The molecule has 1 aliphatic heterocycles. The number of aliphatic hydroxyl groups is 1. The van der Waals surface area contributed by atoms with E-state index in [1.165, 1.54) is 17.4 Å². The molecule has 108 valence electrons. The third kappa shape index (κ3) is 3.56. The van der Waals surface area contributed by atoms with E-state index in [4.69, 9.17) is 5.11 Å². The first-order valence-corrected chi connectivity index (χ1v) is 9.12. The van der Waals surface area contributed by atoms with Crippen LogP contribution in [0.1, 0.15) is 17.7 Å². The van der Waals surface area contributed by atoms with Gasteiger partial charge >= 0.3 is 0 Å². The van der Waals surface area contributed by atoms with Gasteiger partial charge < -0.3 is 10.0 Å². The summed E-state index contributed by atoms with van der Waals surface area (Å²) in [6.45, 7) is 1.29. The molecule has 0 radical (unpaired) electrons. The highest BCUT2D eigenvalue weighted by atomic mass is 79.9. The van der Waals surface area contributed by atoms with E-state index >= 15 is 0 Å². The summed E-state index contributed by atoms with van der Waals surface area (Å²) in [5, 5.41) is 9.05. The number of hydrogen-bond acceptors (Lipinski definition) is 5. The standard InChI is InChI=1S/C11H17BrN2O3S2/c1-14-4-2-3-8(14)6-13-19(16,17)10-5-9(7-15)18-11(10)12/h5,8,13,15H,2-4,6-7H2,1H3. The fourth-order valence-corrected chi connectivity index (χ4v) is 5.79. The Labute approximate surface area is 125 Å². The van der Waals surface area contributed by atoms with Gasteiger partial charge in [0.1, 0.15) is 4.90 Å². The monoisotopic (exact) mass is 368 g/mol. The fourth-order valence-electron chi connectivity index (χ4n) is 2.18. The van der Waals surface area contributed by atoms with Crippen molar-refractivity contribution in [3.8, 4) is 0 Å². The van der Waals surface area contributed by atoms with Crippen molar-refractivity contribution in [2.24, 2.45) is 0 Å². The smallest absolute Gasteiger partial charge is 0.242 e. The highest BCUT2D eigenvalue weighted by Crippen LogP contribution is 2.31. The van der Waals surface area contributed by atoms with Crippen LogP contribution in [-0.4, -0.2) is 44.6 Å². The van der Waals surface area contributed by atoms with E-state index in [1.54, 1.807) is 0 Å². The molecule has 0 saturated carbocycles. The van der Waals surface area contributed by atoms with Crippen molar-refractivity contribution in [3.63, 3.8) is 0 Å². The van der Waals surface area contributed by atoms with Crippen LogP contribution in [0.3, 0.4) is 0 Å². The molecule has 1 atom stereocenters. The molecule has 0 spiro atoms. The van der Waals surface area contributed by atoms with Crippen LogP contribution < -0.4 is 4.72 Å². The summed E-state index contributed by atoms with van der Waals surface area (Å²) in [6.07, 6.45) is 2.13. The summed E-state index contributed by atoms with van der Waals surface area (Å²) in [6, 6.07) is 1.78. The summed E-state index contributed by atoms with van der Waals surface area (Å²) in [7, 11) is -1.51. The molecule has 0 aromatic carbocycles. The van der Waals surface area contributed by atoms with Crippen molar-refractivity contribution in [2.75, 3.05) is 20.1 Å². The molecule has 5 nitrogen and oxygen atoms in total. The minimum Gasteiger partial charge on any atom is -0.391 e. The van der Waals surface area contributed by atoms with Crippen molar-refractivity contribution in [2.45, 2.75) is 30.4 Å². The van der Waals surface area contributed by atoms with Crippen molar-refractivity contribution in [1.82, 2.24) is 9.62 Å². The Morgan fingerprint density at radius 2 is 2.37 bits per heavy atom. The molecule has 0 aliphatic carbocycles. The Balaban J connectivity index is 2.07. The van der Waals surface area contributed by atoms with Gasteiger partial charge in [0.15, 0.2) is 0 Å². The number of nitrogens with one attached hydrogen (secondary N) is 1. The van der Waals surface area contributed by atoms with Gasteiger partial charge in [0.05, 0.1) is 10.4 Å². The van der Waals surface area contributed by atoms with Crippen molar-refractivity contribution < 1.29 is 13.5 Å². The first-order valence-electron chi connectivity index (χ1n) is 6.03. The average Bonchev–Trinajstić information content (AvgIpc) is 2.93. The summed E-state index contributed by atoms with van der Waals surface area (Å²) in [4.78, 5) is 3.01. The molecule has 8 heteroatoms. The Bertz CT molecular complexity index is 544. The zero-order valence-electron chi connectivity index (χ0n) is 10.6. The second kappa shape index (κ2) is 6.19. The molecule has 2 rings (SSSR count). The SMILES string of the molecule is CN1CCCC1CNS(=O)(=O)c1cc(CO)sc1Br. The Morgan fingerprint density at radius 3 is 2.89 bits per heavy atom. The number of likely N-dealkylation sites (tertiary alicyclic amines) is 1. The average molecular weight is 369 g/mol. The van der Waals surface area contributed by atoms with Gasteiger partial charge in [-0.1, -0.05) is 0 Å². The number of sulfonamides is 1. The van der Waals surface area contributed by atoms with Crippen molar-refractivity contribution >= 4 is 37.3 Å². The van der Waals surface area contributed by atoms with Crippen LogP contribution in [0.2, 0.25) is 0 Å². The van der Waals surface area contributed by atoms with Gasteiger partial charge in [0.25, 0.3) is 0 Å². The van der Waals surface area contributed by atoms with E-state index in [0.29, 0.717) is 15.2 Å². The predicted molar refractivity (Wildman–Crippen MR) is 78.8 cm³/mol. The number of rotatable bonds is 5. The van der Waals surface area contributed by atoms with Crippen LogP contribution in [0.5, 0.6) is 0 Å². The molecule has 2 N–H and O–H groups in total. The van der Waals surface area contributed by atoms with Gasteiger partial charge in [-0.05, 0) is 48.4 Å². The van der Waals surface area contributed by atoms with Gasteiger partial charge in [0, 0.05) is 17.5 Å². The lowest BCUT2D eigenvalue weighted by molar-refractivity contribution is 0.285. The van der Waals surface area contributed by atoms with Gasteiger partial charge in [-0.15, -0.1) is 11.3 Å². The lowest BCUT2D eigenvalue weighted by Gasteiger charge is -2.19. The number of likely N-dealkylation sites (N-methyl/N-ethyl adjacent to an activating group) is 1. The second-order valence-electron chi connectivity index (χ2n) is 4.64. The minimum absolute atomic E-state index is 0.149. The predicted octanol–water partition coefficient (Wildman–Crippen LogP) is 1.38. The third-order valence-electron chi connectivity index (χ3n) is 3.33. The topological polar surface area (TPSA) is 69.6 Å². The lowest BCUT2D eigenvalue weighted by atomic mass is 10.2. The Hall–Kier alpha value is 0.01000. The molecular weight excluding hydrogens is 352 g/mol. The summed E-state index contributed by atoms with van der Waals surface area (Å²) in [5.74, 6) is 0. The Kier molecular flexibility index (Phi) is 5.02. The van der Waals surface area contributed by atoms with E-state index < -0.39 is 10.0 Å². The first-order chi connectivity index (χ1) is 8.94. The van der Waals surface area contributed by atoms with Crippen LogP contribution in [0.4, 0.5) is 0 Å². The Morgan fingerprint density at radius 1 is 1.63 bits per heavy atom. The molecule has 2 heterocycles. The molecule has 1 unspecified atom stereocenters. The third-order valence-corrected chi connectivity index (χ3v) is 6.99. The summed E-state index contributed by atoms with van der Waals surface area (Å²) in [5.41, 5.74) is 0. The maximum atomic E-state index is 12.2. The van der Waals surface area contributed by atoms with Crippen molar-refractivity contribution in [3.05, 3.63) is 14.7 Å². The number of aliphatic hydroxyl groups excluding tert-OH is 1. The molecule has 0 bridgehead atoms. The fraction of sp³-hybridized carbons (Fsp3) is 0.636. The van der Waals surface area contributed by atoms with Gasteiger partial charge in [-0.2, -0.15) is 0 Å². The second-order valence-corrected chi connectivity index (χ2v) is 8.83. The normalized spacial score (nSPS) is 21.1. The van der Waals surface area contributed by atoms with Gasteiger partial charge in [-0.25, -0.2) is 13.1 Å². The van der Waals surface area contributed by atoms with Crippen molar-refractivity contribution in [1.29, 1.82) is 0 Å². The maximum absolute atomic E-state index is 12.2. The van der Waals surface area contributed by atoms with E-state index in [-0.39, 0.29) is 17.5 Å². The summed E-state index contributed by atoms with van der Waals surface area (Å²) < 4.78 is 27.6. The van der Waals surface area contributed by atoms with Gasteiger partial charge in [-0.3, -0.25) is 0 Å². The van der Waals surface area contributed by atoms with E-state index in [2.05, 4.69) is 25.6 Å². The molecule has 1 aliphatic rings. The highest BCUT2D eigenvalue weighted by molar-refractivity contribution is 9.11. The van der Waals surface area contributed by atoms with Gasteiger partial charge in [0.2, 0.25) is 10.0 Å². The molecular formula is C11H17BrN2O3S2. The molecule has 0 amide bonds. The van der Waals surface area contributed by atoms with Crippen LogP contribution in [0, 0.1) is 0 Å². The van der Waals surface area contributed by atoms with Crippen LogP contribution in [-0.2, 0) is 16.6 Å². The minimum atomic E-state index is -3.52. The highest BCUT2D eigenvalue weighted by Gasteiger charge is 2.25. The number of nitrogens with zero attached hydrogens (tertiary/aromatic N) is 1. The molecule has 1 aromatic rings. The number of thiophene rings is 1.